The SMILES string of the molecule is CC1C=C2CC(O)CC[C@]2(C)[C@@H]2CC[C@]3(C)C(C4CNCCO4)=CC[C@H]3[C@H]12. The van der Waals surface area contributed by atoms with Gasteiger partial charge in [-0.2, -0.15) is 0 Å². The van der Waals surface area contributed by atoms with Gasteiger partial charge in [0.1, 0.15) is 0 Å². The van der Waals surface area contributed by atoms with E-state index < -0.39 is 0 Å². The van der Waals surface area contributed by atoms with Crippen LogP contribution in [0.25, 0.3) is 0 Å². The zero-order valence-electron chi connectivity index (χ0n) is 17.3. The highest BCUT2D eigenvalue weighted by atomic mass is 16.5. The summed E-state index contributed by atoms with van der Waals surface area (Å²) in [5, 5.41) is 13.8. The Morgan fingerprint density at radius 2 is 1.96 bits per heavy atom. The van der Waals surface area contributed by atoms with Gasteiger partial charge in [0, 0.05) is 13.1 Å². The molecule has 0 bridgehead atoms. The minimum absolute atomic E-state index is 0.113. The lowest BCUT2D eigenvalue weighted by Gasteiger charge is -2.59. The van der Waals surface area contributed by atoms with E-state index in [1.165, 1.54) is 25.7 Å². The molecule has 0 amide bonds. The summed E-state index contributed by atoms with van der Waals surface area (Å²) in [6.07, 6.45) is 12.3. The fourth-order valence-electron chi connectivity index (χ4n) is 7.87. The number of hydrogen-bond donors (Lipinski definition) is 2. The zero-order valence-corrected chi connectivity index (χ0v) is 17.3. The van der Waals surface area contributed by atoms with E-state index >= 15 is 0 Å². The molecule has 3 nitrogen and oxygen atoms in total. The molecule has 3 unspecified atom stereocenters. The van der Waals surface area contributed by atoms with Gasteiger partial charge in [-0.3, -0.25) is 0 Å². The Bertz CT molecular complexity index is 663. The lowest BCUT2D eigenvalue weighted by Crippen LogP contribution is -2.53. The summed E-state index contributed by atoms with van der Waals surface area (Å²) >= 11 is 0. The minimum Gasteiger partial charge on any atom is -0.393 e. The van der Waals surface area contributed by atoms with Crippen LogP contribution in [0.5, 0.6) is 0 Å². The monoisotopic (exact) mass is 371 g/mol. The first-order valence-electron chi connectivity index (χ1n) is 11.4. The minimum atomic E-state index is -0.113. The number of ether oxygens (including phenoxy) is 1. The molecule has 1 aliphatic heterocycles. The van der Waals surface area contributed by atoms with Gasteiger partial charge in [0.15, 0.2) is 0 Å². The maximum atomic E-state index is 10.2. The maximum Gasteiger partial charge on any atom is 0.0915 e. The molecule has 0 spiro atoms. The highest BCUT2D eigenvalue weighted by Crippen LogP contribution is 2.66. The van der Waals surface area contributed by atoms with Crippen molar-refractivity contribution in [2.75, 3.05) is 19.7 Å². The van der Waals surface area contributed by atoms with Crippen molar-refractivity contribution in [1.82, 2.24) is 5.32 Å². The first-order chi connectivity index (χ1) is 12.9. The van der Waals surface area contributed by atoms with Gasteiger partial charge in [0.05, 0.1) is 18.8 Å². The second kappa shape index (κ2) is 6.43. The summed E-state index contributed by atoms with van der Waals surface area (Å²) in [5.74, 6) is 2.95. The normalized spacial score (nSPS) is 52.3. The fourth-order valence-corrected chi connectivity index (χ4v) is 7.87. The molecule has 150 valence electrons. The summed E-state index contributed by atoms with van der Waals surface area (Å²) in [7, 11) is 0. The number of fused-ring (bicyclic) bond motifs is 5. The van der Waals surface area contributed by atoms with E-state index in [-0.39, 0.29) is 12.2 Å². The van der Waals surface area contributed by atoms with Crippen molar-refractivity contribution >= 4 is 0 Å². The van der Waals surface area contributed by atoms with Crippen molar-refractivity contribution in [3.8, 4) is 0 Å². The average molecular weight is 372 g/mol. The van der Waals surface area contributed by atoms with Gasteiger partial charge in [-0.1, -0.05) is 38.5 Å². The van der Waals surface area contributed by atoms with Crippen LogP contribution >= 0.6 is 0 Å². The number of aliphatic hydroxyl groups excluding tert-OH is 1. The Hall–Kier alpha value is -0.640. The molecule has 4 aliphatic carbocycles. The highest BCUT2D eigenvalue weighted by Gasteiger charge is 2.59. The third-order valence-electron chi connectivity index (χ3n) is 9.32. The maximum absolute atomic E-state index is 10.2. The van der Waals surface area contributed by atoms with Crippen LogP contribution in [-0.2, 0) is 4.74 Å². The van der Waals surface area contributed by atoms with E-state index in [0.717, 1.165) is 50.3 Å². The van der Waals surface area contributed by atoms with Gasteiger partial charge in [0.2, 0.25) is 0 Å². The number of morpholine rings is 1. The Kier molecular flexibility index (Phi) is 4.38. The van der Waals surface area contributed by atoms with Crippen LogP contribution in [0.2, 0.25) is 0 Å². The number of nitrogens with one attached hydrogen (secondary N) is 1. The Morgan fingerprint density at radius 1 is 1.15 bits per heavy atom. The van der Waals surface area contributed by atoms with Crippen LogP contribution in [0.1, 0.15) is 59.3 Å². The molecule has 1 saturated heterocycles. The van der Waals surface area contributed by atoms with E-state index in [9.17, 15) is 5.11 Å². The topological polar surface area (TPSA) is 41.5 Å². The van der Waals surface area contributed by atoms with Crippen LogP contribution in [0.3, 0.4) is 0 Å². The summed E-state index contributed by atoms with van der Waals surface area (Å²) < 4.78 is 6.19. The Labute approximate surface area is 164 Å². The van der Waals surface area contributed by atoms with Crippen LogP contribution in [0, 0.1) is 34.5 Å². The van der Waals surface area contributed by atoms with E-state index in [1.54, 1.807) is 11.1 Å². The van der Waals surface area contributed by atoms with E-state index in [1.807, 2.05) is 0 Å². The second-order valence-corrected chi connectivity index (χ2v) is 10.6. The van der Waals surface area contributed by atoms with E-state index in [2.05, 4.69) is 38.2 Å². The molecule has 3 heteroatoms. The smallest absolute Gasteiger partial charge is 0.0915 e. The largest absolute Gasteiger partial charge is 0.393 e. The molecular formula is C24H37NO2. The third kappa shape index (κ3) is 2.64. The lowest BCUT2D eigenvalue weighted by molar-refractivity contribution is -0.0571. The average Bonchev–Trinajstić information content (AvgIpc) is 3.01. The van der Waals surface area contributed by atoms with Gasteiger partial charge < -0.3 is 15.2 Å². The van der Waals surface area contributed by atoms with Crippen molar-refractivity contribution in [1.29, 1.82) is 0 Å². The van der Waals surface area contributed by atoms with Gasteiger partial charge in [-0.25, -0.2) is 0 Å². The van der Waals surface area contributed by atoms with E-state index in [4.69, 9.17) is 4.74 Å². The molecule has 8 atom stereocenters. The van der Waals surface area contributed by atoms with Crippen LogP contribution in [0.4, 0.5) is 0 Å². The molecule has 0 aromatic carbocycles. The predicted molar refractivity (Wildman–Crippen MR) is 108 cm³/mol. The molecule has 2 N–H and O–H groups in total. The van der Waals surface area contributed by atoms with Crippen LogP contribution in [-0.4, -0.2) is 37.0 Å². The Morgan fingerprint density at radius 3 is 2.74 bits per heavy atom. The summed E-state index contributed by atoms with van der Waals surface area (Å²) in [6.45, 7) is 10.3. The summed E-state index contributed by atoms with van der Waals surface area (Å²) in [6, 6.07) is 0. The molecule has 5 rings (SSSR count). The van der Waals surface area contributed by atoms with E-state index in [0.29, 0.717) is 16.7 Å². The quantitative estimate of drug-likeness (QED) is 0.683. The van der Waals surface area contributed by atoms with Gasteiger partial charge in [-0.15, -0.1) is 0 Å². The fraction of sp³-hybridized carbons (Fsp3) is 0.833. The molecule has 27 heavy (non-hydrogen) atoms. The standard InChI is InChI=1S/C24H37NO2/c1-15-12-16-13-17(26)6-8-23(16,2)20-7-9-24(3)18(4-5-19(24)22(15)20)21-14-25-10-11-27-21/h4,12,15,17,19-22,25-26H,5-11,13-14H2,1-3H3/t15?,17?,19-,20+,21?,22-,23-,24+/m0/s1. The van der Waals surface area contributed by atoms with Crippen LogP contribution in [0.15, 0.2) is 23.3 Å². The summed E-state index contributed by atoms with van der Waals surface area (Å²) in [4.78, 5) is 0. The molecule has 0 aromatic rings. The second-order valence-electron chi connectivity index (χ2n) is 10.6. The van der Waals surface area contributed by atoms with Crippen molar-refractivity contribution in [2.45, 2.75) is 71.5 Å². The first kappa shape index (κ1) is 18.4. The number of allylic oxidation sites excluding steroid dienone is 2. The van der Waals surface area contributed by atoms with Gasteiger partial charge >= 0.3 is 0 Å². The zero-order chi connectivity index (χ0) is 18.8. The van der Waals surface area contributed by atoms with Crippen molar-refractivity contribution in [3.63, 3.8) is 0 Å². The Balaban J connectivity index is 1.46. The van der Waals surface area contributed by atoms with Crippen molar-refractivity contribution in [3.05, 3.63) is 23.3 Å². The van der Waals surface area contributed by atoms with Gasteiger partial charge in [-0.05, 0) is 78.6 Å². The molecular weight excluding hydrogens is 334 g/mol. The molecule has 0 aromatic heterocycles. The first-order valence-corrected chi connectivity index (χ1v) is 11.4. The molecule has 2 saturated carbocycles. The molecule has 0 radical (unpaired) electrons. The number of aliphatic hydroxyl groups is 1. The summed E-state index contributed by atoms with van der Waals surface area (Å²) in [5.41, 5.74) is 3.81. The van der Waals surface area contributed by atoms with Crippen LogP contribution < -0.4 is 5.32 Å². The number of hydrogen-bond acceptors (Lipinski definition) is 3. The molecule has 5 aliphatic rings. The van der Waals surface area contributed by atoms with Gasteiger partial charge in [0.25, 0.3) is 0 Å². The lowest BCUT2D eigenvalue weighted by atomic mass is 9.45. The predicted octanol–water partition coefficient (Wildman–Crippen LogP) is 4.08. The molecule has 1 heterocycles. The number of rotatable bonds is 1. The highest BCUT2D eigenvalue weighted by molar-refractivity contribution is 5.33. The van der Waals surface area contributed by atoms with Crippen molar-refractivity contribution < 1.29 is 9.84 Å². The van der Waals surface area contributed by atoms with Crippen molar-refractivity contribution in [2.24, 2.45) is 34.5 Å². The molecule has 3 fully saturated rings. The third-order valence-corrected chi connectivity index (χ3v) is 9.32.